The number of carbonyl (C=O) groups is 1. The maximum Gasteiger partial charge on any atom is 0.262 e. The number of rotatable bonds is 9. The topological polar surface area (TPSA) is 88.2 Å². The van der Waals surface area contributed by atoms with Crippen molar-refractivity contribution in [1.82, 2.24) is 4.90 Å². The Morgan fingerprint density at radius 2 is 1.57 bits per heavy atom. The molecule has 1 aliphatic rings. The number of amides is 1. The Balaban J connectivity index is 1.46. The summed E-state index contributed by atoms with van der Waals surface area (Å²) in [5, 5.41) is 0. The molecular formula is C28H33N3O5S. The Labute approximate surface area is 218 Å². The lowest BCUT2D eigenvalue weighted by molar-refractivity contribution is 0.0746. The molecule has 37 heavy (non-hydrogen) atoms. The summed E-state index contributed by atoms with van der Waals surface area (Å²) in [4.78, 5) is 17.4. The summed E-state index contributed by atoms with van der Waals surface area (Å²) < 4.78 is 40.1. The van der Waals surface area contributed by atoms with Crippen LogP contribution in [-0.4, -0.2) is 58.6 Å². The second kappa shape index (κ2) is 11.6. The number of nitrogens with zero attached hydrogens (tertiary/aromatic N) is 2. The smallest absolute Gasteiger partial charge is 0.262 e. The molecule has 3 aromatic rings. The zero-order valence-electron chi connectivity index (χ0n) is 21.4. The monoisotopic (exact) mass is 523 g/mol. The van der Waals surface area contributed by atoms with Crippen molar-refractivity contribution < 1.29 is 22.7 Å². The van der Waals surface area contributed by atoms with Crippen LogP contribution >= 0.6 is 0 Å². The molecule has 0 saturated carbocycles. The van der Waals surface area contributed by atoms with Crippen LogP contribution in [0.4, 0.5) is 11.4 Å². The summed E-state index contributed by atoms with van der Waals surface area (Å²) in [7, 11) is -3.89. The number of anilines is 2. The fourth-order valence-corrected chi connectivity index (χ4v) is 5.68. The van der Waals surface area contributed by atoms with Crippen LogP contribution in [-0.2, 0) is 10.0 Å². The van der Waals surface area contributed by atoms with Gasteiger partial charge >= 0.3 is 0 Å². The van der Waals surface area contributed by atoms with Gasteiger partial charge < -0.3 is 19.3 Å². The number of benzene rings is 3. The van der Waals surface area contributed by atoms with Crippen LogP contribution in [0.2, 0.25) is 0 Å². The quantitative estimate of drug-likeness (QED) is 0.443. The molecular weight excluding hydrogens is 490 g/mol. The first-order valence-electron chi connectivity index (χ1n) is 12.4. The fraction of sp³-hybridized carbons (Fsp3) is 0.321. The molecule has 0 bridgehead atoms. The molecule has 1 saturated heterocycles. The van der Waals surface area contributed by atoms with Crippen LogP contribution in [0.5, 0.6) is 11.5 Å². The third-order valence-corrected chi connectivity index (χ3v) is 7.74. The van der Waals surface area contributed by atoms with E-state index < -0.39 is 10.0 Å². The third-order valence-electron chi connectivity index (χ3n) is 6.21. The van der Waals surface area contributed by atoms with Gasteiger partial charge in [-0.1, -0.05) is 18.2 Å². The van der Waals surface area contributed by atoms with E-state index in [1.54, 1.807) is 48.2 Å². The van der Waals surface area contributed by atoms with Crippen LogP contribution < -0.4 is 19.1 Å². The van der Waals surface area contributed by atoms with Crippen LogP contribution in [0, 0.1) is 6.92 Å². The first kappa shape index (κ1) is 26.3. The van der Waals surface area contributed by atoms with E-state index in [1.165, 1.54) is 6.07 Å². The minimum absolute atomic E-state index is 0.0801. The zero-order valence-corrected chi connectivity index (χ0v) is 22.3. The van der Waals surface area contributed by atoms with Crippen LogP contribution in [0.25, 0.3) is 0 Å². The number of piperazine rings is 1. The van der Waals surface area contributed by atoms with E-state index in [9.17, 15) is 13.2 Å². The molecule has 4 rings (SSSR count). The first-order chi connectivity index (χ1) is 17.8. The van der Waals surface area contributed by atoms with Crippen LogP contribution in [0.15, 0.2) is 71.6 Å². The number of nitrogens with one attached hydrogen (secondary N) is 1. The van der Waals surface area contributed by atoms with E-state index in [2.05, 4.69) is 9.62 Å². The van der Waals surface area contributed by atoms with Crippen molar-refractivity contribution in [3.63, 3.8) is 0 Å². The molecule has 8 nitrogen and oxygen atoms in total. The standard InChI is InChI=1S/C28H33N3O5S/c1-4-35-24-14-12-23(13-15-24)29-37(33,34)27-20-22(11-10-21(27)3)28(32)31-18-16-30(17-19-31)25-8-6-7-9-26(25)36-5-2/h6-15,20,29H,4-5,16-19H2,1-3H3. The number of sulfonamides is 1. The van der Waals surface area contributed by atoms with Gasteiger partial charge in [0, 0.05) is 37.4 Å². The van der Waals surface area contributed by atoms with E-state index in [4.69, 9.17) is 9.47 Å². The number of aryl methyl sites for hydroxylation is 1. The Morgan fingerprint density at radius 3 is 2.24 bits per heavy atom. The van der Waals surface area contributed by atoms with Gasteiger partial charge in [-0.05, 0) is 74.9 Å². The maximum atomic E-state index is 13.3. The molecule has 196 valence electrons. The summed E-state index contributed by atoms with van der Waals surface area (Å²) in [6, 6.07) is 19.4. The summed E-state index contributed by atoms with van der Waals surface area (Å²) in [6.07, 6.45) is 0. The van der Waals surface area contributed by atoms with Gasteiger partial charge in [-0.2, -0.15) is 0 Å². The van der Waals surface area contributed by atoms with Crippen molar-refractivity contribution in [1.29, 1.82) is 0 Å². The van der Waals surface area contributed by atoms with Gasteiger partial charge in [0.05, 0.1) is 23.8 Å². The summed E-state index contributed by atoms with van der Waals surface area (Å²) in [5.74, 6) is 1.31. The van der Waals surface area contributed by atoms with Gasteiger partial charge in [-0.15, -0.1) is 0 Å². The predicted octanol–water partition coefficient (Wildman–Crippen LogP) is 4.56. The number of hydrogen-bond acceptors (Lipinski definition) is 6. The lowest BCUT2D eigenvalue weighted by Crippen LogP contribution is -2.48. The molecule has 3 aromatic carbocycles. The minimum Gasteiger partial charge on any atom is -0.494 e. The highest BCUT2D eigenvalue weighted by atomic mass is 32.2. The van der Waals surface area contributed by atoms with Crippen molar-refractivity contribution in [2.45, 2.75) is 25.7 Å². The van der Waals surface area contributed by atoms with Gasteiger partial charge in [0.25, 0.3) is 15.9 Å². The highest BCUT2D eigenvalue weighted by molar-refractivity contribution is 7.92. The van der Waals surface area contributed by atoms with E-state index in [-0.39, 0.29) is 10.8 Å². The lowest BCUT2D eigenvalue weighted by atomic mass is 10.1. The minimum atomic E-state index is -3.89. The Bertz CT molecular complexity index is 1330. The number of para-hydroxylation sites is 2. The molecule has 0 spiro atoms. The van der Waals surface area contributed by atoms with E-state index in [0.717, 1.165) is 11.4 Å². The summed E-state index contributed by atoms with van der Waals surface area (Å²) >= 11 is 0. The Morgan fingerprint density at radius 1 is 0.892 bits per heavy atom. The molecule has 9 heteroatoms. The predicted molar refractivity (Wildman–Crippen MR) is 145 cm³/mol. The van der Waals surface area contributed by atoms with Crippen molar-refractivity contribution in [3.8, 4) is 11.5 Å². The average molecular weight is 524 g/mol. The Kier molecular flexibility index (Phi) is 8.23. The molecule has 0 aliphatic carbocycles. The first-order valence-corrected chi connectivity index (χ1v) is 13.9. The van der Waals surface area contributed by atoms with E-state index >= 15 is 0 Å². The molecule has 0 atom stereocenters. The highest BCUT2D eigenvalue weighted by Gasteiger charge is 2.26. The third kappa shape index (κ3) is 6.17. The molecule has 1 N–H and O–H groups in total. The molecule has 1 amide bonds. The average Bonchev–Trinajstić information content (AvgIpc) is 2.90. The van der Waals surface area contributed by atoms with E-state index in [0.29, 0.717) is 62.0 Å². The molecule has 1 heterocycles. The van der Waals surface area contributed by atoms with Gasteiger partial charge in [0.15, 0.2) is 0 Å². The molecule has 0 unspecified atom stereocenters. The zero-order chi connectivity index (χ0) is 26.4. The lowest BCUT2D eigenvalue weighted by Gasteiger charge is -2.36. The van der Waals surface area contributed by atoms with Crippen molar-refractivity contribution >= 4 is 27.3 Å². The second-order valence-electron chi connectivity index (χ2n) is 8.72. The van der Waals surface area contributed by atoms with Gasteiger partial charge in [0.2, 0.25) is 0 Å². The number of hydrogen-bond donors (Lipinski definition) is 1. The number of carbonyl (C=O) groups excluding carboxylic acids is 1. The molecule has 0 radical (unpaired) electrons. The summed E-state index contributed by atoms with van der Waals surface area (Å²) in [5.41, 5.74) is 2.34. The number of ether oxygens (including phenoxy) is 2. The largest absolute Gasteiger partial charge is 0.494 e. The summed E-state index contributed by atoms with van der Waals surface area (Å²) in [6.45, 7) is 9.04. The highest BCUT2D eigenvalue weighted by Crippen LogP contribution is 2.29. The molecule has 1 aliphatic heterocycles. The van der Waals surface area contributed by atoms with Gasteiger partial charge in [-0.25, -0.2) is 8.42 Å². The van der Waals surface area contributed by atoms with Crippen LogP contribution in [0.3, 0.4) is 0 Å². The SMILES string of the molecule is CCOc1ccc(NS(=O)(=O)c2cc(C(=O)N3CCN(c4ccccc4OCC)CC3)ccc2C)cc1. The van der Waals surface area contributed by atoms with Crippen molar-refractivity contribution in [3.05, 3.63) is 77.9 Å². The molecule has 1 fully saturated rings. The Hall–Kier alpha value is -3.72. The van der Waals surface area contributed by atoms with Crippen molar-refractivity contribution in [2.75, 3.05) is 49.0 Å². The maximum absolute atomic E-state index is 13.3. The normalized spacial score (nSPS) is 13.8. The van der Waals surface area contributed by atoms with E-state index in [1.807, 2.05) is 38.1 Å². The van der Waals surface area contributed by atoms with Crippen molar-refractivity contribution in [2.24, 2.45) is 0 Å². The van der Waals surface area contributed by atoms with Crippen LogP contribution in [0.1, 0.15) is 29.8 Å². The molecule has 0 aromatic heterocycles. The van der Waals surface area contributed by atoms with Gasteiger partial charge in [0.1, 0.15) is 11.5 Å². The fourth-order valence-electron chi connectivity index (χ4n) is 4.35. The second-order valence-corrected chi connectivity index (χ2v) is 10.4. The van der Waals surface area contributed by atoms with Gasteiger partial charge in [-0.3, -0.25) is 9.52 Å².